The molecule has 2 heterocycles. The number of aliphatic hydroxyl groups excluding tert-OH is 3. The van der Waals surface area contributed by atoms with Gasteiger partial charge >= 0.3 is 6.18 Å². The van der Waals surface area contributed by atoms with Crippen LogP contribution in [0.15, 0.2) is 30.5 Å². The van der Waals surface area contributed by atoms with E-state index in [1.807, 2.05) is 0 Å². The van der Waals surface area contributed by atoms with Crippen LogP contribution in [0.2, 0.25) is 0 Å². The lowest BCUT2D eigenvalue weighted by atomic mass is 9.97. The fraction of sp³-hybridized carbons (Fsp3) is 0.467. The second-order valence-electron chi connectivity index (χ2n) is 5.85. The zero-order valence-corrected chi connectivity index (χ0v) is 14.0. The summed E-state index contributed by atoms with van der Waals surface area (Å²) in [4.78, 5) is 0. The summed E-state index contributed by atoms with van der Waals surface area (Å²) >= 11 is 4.05. The van der Waals surface area contributed by atoms with Crippen LogP contribution in [0, 0.1) is 0 Å². The molecule has 2 aromatic rings. The molecule has 1 aromatic carbocycles. The van der Waals surface area contributed by atoms with E-state index in [4.69, 9.17) is 4.74 Å². The molecule has 3 unspecified atom stereocenters. The molecular weight excluding hydrogens is 375 g/mol. The van der Waals surface area contributed by atoms with E-state index in [0.717, 1.165) is 10.7 Å². The van der Waals surface area contributed by atoms with Gasteiger partial charge in [0.05, 0.1) is 18.4 Å². The summed E-state index contributed by atoms with van der Waals surface area (Å²) in [6.07, 6.45) is -7.08. The van der Waals surface area contributed by atoms with Crippen LogP contribution in [0.4, 0.5) is 13.2 Å². The van der Waals surface area contributed by atoms with E-state index in [0.29, 0.717) is 0 Å². The monoisotopic (exact) mass is 391 g/mol. The number of rotatable bonds is 3. The van der Waals surface area contributed by atoms with Gasteiger partial charge in [0.25, 0.3) is 0 Å². The number of nitrogens with zero attached hydrogens (tertiary/aromatic N) is 3. The van der Waals surface area contributed by atoms with Gasteiger partial charge in [0.15, 0.2) is 0 Å². The third-order valence-electron chi connectivity index (χ3n) is 4.19. The first kappa shape index (κ1) is 19.1. The van der Waals surface area contributed by atoms with Crippen molar-refractivity contribution in [3.05, 3.63) is 36.0 Å². The molecule has 1 aromatic heterocycles. The number of halogens is 3. The van der Waals surface area contributed by atoms with Crippen molar-refractivity contribution in [3.8, 4) is 11.3 Å². The van der Waals surface area contributed by atoms with Gasteiger partial charge in [-0.1, -0.05) is 23.4 Å². The molecule has 0 bridgehead atoms. The van der Waals surface area contributed by atoms with E-state index in [2.05, 4.69) is 22.9 Å². The minimum absolute atomic E-state index is 0.0694. The molecule has 1 aliphatic heterocycles. The highest BCUT2D eigenvalue weighted by Crippen LogP contribution is 2.37. The zero-order valence-electron chi connectivity index (χ0n) is 13.2. The van der Waals surface area contributed by atoms with Gasteiger partial charge in [-0.15, -0.1) is 17.7 Å². The Hall–Kier alpha value is -1.66. The van der Waals surface area contributed by atoms with E-state index < -0.39 is 48.1 Å². The first-order chi connectivity index (χ1) is 12.2. The van der Waals surface area contributed by atoms with Gasteiger partial charge in [-0.3, -0.25) is 0 Å². The van der Waals surface area contributed by atoms with Crippen LogP contribution < -0.4 is 0 Å². The van der Waals surface area contributed by atoms with E-state index in [-0.39, 0.29) is 11.3 Å². The lowest BCUT2D eigenvalue weighted by molar-refractivity contribution is -0.178. The number of ether oxygens (including phenoxy) is 1. The van der Waals surface area contributed by atoms with E-state index in [1.165, 1.54) is 24.4 Å². The van der Waals surface area contributed by atoms with E-state index in [1.54, 1.807) is 0 Å². The van der Waals surface area contributed by atoms with E-state index in [9.17, 15) is 28.5 Å². The molecule has 26 heavy (non-hydrogen) atoms. The largest absolute Gasteiger partial charge is 0.417 e. The van der Waals surface area contributed by atoms with Gasteiger partial charge in [0.1, 0.15) is 35.5 Å². The molecule has 3 rings (SSSR count). The molecule has 3 N–H and O–H groups in total. The Kier molecular flexibility index (Phi) is 5.26. The van der Waals surface area contributed by atoms with Gasteiger partial charge in [-0.05, 0) is 6.07 Å². The van der Waals surface area contributed by atoms with Gasteiger partial charge in [-0.25, -0.2) is 4.68 Å². The maximum atomic E-state index is 13.2. The number of aliphatic hydroxyl groups is 3. The molecule has 5 atom stereocenters. The Morgan fingerprint density at radius 2 is 1.88 bits per heavy atom. The number of benzene rings is 1. The molecule has 7 nitrogen and oxygen atoms in total. The second-order valence-corrected chi connectivity index (χ2v) is 6.36. The molecule has 0 spiro atoms. The highest BCUT2D eigenvalue weighted by atomic mass is 32.1. The van der Waals surface area contributed by atoms with Crippen molar-refractivity contribution >= 4 is 12.6 Å². The van der Waals surface area contributed by atoms with Crippen LogP contribution in [0.25, 0.3) is 11.3 Å². The Morgan fingerprint density at radius 1 is 1.19 bits per heavy atom. The summed E-state index contributed by atoms with van der Waals surface area (Å²) in [6.45, 7) is -0.528. The Bertz CT molecular complexity index is 773. The highest BCUT2D eigenvalue weighted by Gasteiger charge is 2.45. The first-order valence-electron chi connectivity index (χ1n) is 7.63. The minimum atomic E-state index is -4.57. The Morgan fingerprint density at radius 3 is 2.54 bits per heavy atom. The molecular formula is C15H16F3N3O4S. The molecule has 1 aliphatic rings. The van der Waals surface area contributed by atoms with Gasteiger partial charge in [0, 0.05) is 5.56 Å². The average molecular weight is 391 g/mol. The number of hydrogen-bond acceptors (Lipinski definition) is 7. The van der Waals surface area contributed by atoms with E-state index >= 15 is 0 Å². The van der Waals surface area contributed by atoms with Gasteiger partial charge in [0.2, 0.25) is 0 Å². The van der Waals surface area contributed by atoms with Crippen LogP contribution in [0.5, 0.6) is 0 Å². The molecule has 1 saturated heterocycles. The third kappa shape index (κ3) is 3.45. The Balaban J connectivity index is 1.98. The fourth-order valence-corrected chi connectivity index (χ4v) is 3.23. The summed E-state index contributed by atoms with van der Waals surface area (Å²) < 4.78 is 45.8. The maximum absolute atomic E-state index is 13.2. The lowest BCUT2D eigenvalue weighted by Gasteiger charge is -2.40. The molecule has 1 fully saturated rings. The third-order valence-corrected chi connectivity index (χ3v) is 4.62. The maximum Gasteiger partial charge on any atom is 0.417 e. The number of thiol groups is 1. The first-order valence-corrected chi connectivity index (χ1v) is 8.14. The quantitative estimate of drug-likeness (QED) is 0.580. The normalized spacial score (nSPS) is 29.7. The van der Waals surface area contributed by atoms with Gasteiger partial charge < -0.3 is 20.1 Å². The number of aromatic nitrogens is 3. The van der Waals surface area contributed by atoms with Crippen molar-refractivity contribution in [2.24, 2.45) is 0 Å². The number of hydrogen-bond donors (Lipinski definition) is 4. The van der Waals surface area contributed by atoms with Crippen LogP contribution in [0.3, 0.4) is 0 Å². The second kappa shape index (κ2) is 7.16. The van der Waals surface area contributed by atoms with Crippen LogP contribution in [0.1, 0.15) is 11.6 Å². The summed E-state index contributed by atoms with van der Waals surface area (Å²) in [7, 11) is 0. The SMILES string of the molecule is OCC1O[C@@H](S)C(O)C(n2cc(-c3ccccc3C(F)(F)F)nn2)[C@H]1O. The average Bonchev–Trinajstić information content (AvgIpc) is 3.07. The fourth-order valence-electron chi connectivity index (χ4n) is 2.89. The van der Waals surface area contributed by atoms with Crippen molar-refractivity contribution in [1.82, 2.24) is 15.0 Å². The molecule has 142 valence electrons. The minimum Gasteiger partial charge on any atom is -0.394 e. The highest BCUT2D eigenvalue weighted by molar-refractivity contribution is 7.80. The summed E-state index contributed by atoms with van der Waals surface area (Å²) in [5, 5.41) is 37.3. The van der Waals surface area contributed by atoms with Crippen LogP contribution in [-0.2, 0) is 10.9 Å². The molecule has 0 aliphatic carbocycles. The smallest absolute Gasteiger partial charge is 0.394 e. The lowest BCUT2D eigenvalue weighted by Crippen LogP contribution is -2.54. The van der Waals surface area contributed by atoms with Gasteiger partial charge in [-0.2, -0.15) is 13.2 Å². The summed E-state index contributed by atoms with van der Waals surface area (Å²) in [5.41, 5.74) is -2.14. The zero-order chi connectivity index (χ0) is 19.1. The predicted octanol–water partition coefficient (Wildman–Crippen LogP) is 0.874. The van der Waals surface area contributed by atoms with Crippen molar-refractivity contribution in [2.45, 2.75) is 36.0 Å². The standard InChI is InChI=1S/C15H16F3N3O4S/c16-15(17,18)8-4-2-1-3-7(8)9-5-21(20-19-9)11-12(23)10(6-22)25-14(26)13(11)24/h1-5,10-14,22-24,26H,6H2/t10?,11?,12-,13?,14-/m0/s1. The molecule has 0 saturated carbocycles. The van der Waals surface area contributed by atoms with Crippen LogP contribution >= 0.6 is 12.6 Å². The summed E-state index contributed by atoms with van der Waals surface area (Å²) in [6, 6.07) is 3.79. The van der Waals surface area contributed by atoms with Crippen molar-refractivity contribution < 1.29 is 33.2 Å². The van der Waals surface area contributed by atoms with Crippen LogP contribution in [-0.4, -0.2) is 60.7 Å². The summed E-state index contributed by atoms with van der Waals surface area (Å²) in [5.74, 6) is 0. The topological polar surface area (TPSA) is 101 Å². The van der Waals surface area contributed by atoms with Crippen molar-refractivity contribution in [3.63, 3.8) is 0 Å². The van der Waals surface area contributed by atoms with Crippen molar-refractivity contribution in [1.29, 1.82) is 0 Å². The molecule has 11 heteroatoms. The Labute approximate surface area is 151 Å². The predicted molar refractivity (Wildman–Crippen MR) is 86.2 cm³/mol. The molecule has 0 radical (unpaired) electrons. The molecule has 0 amide bonds. The van der Waals surface area contributed by atoms with Crippen molar-refractivity contribution in [2.75, 3.05) is 6.61 Å². The number of alkyl halides is 3.